The molecule has 0 unspecified atom stereocenters. The van der Waals surface area contributed by atoms with Gasteiger partial charge in [-0.1, -0.05) is 26.8 Å². The molecule has 3 aromatic rings. The van der Waals surface area contributed by atoms with E-state index >= 15 is 0 Å². The molecule has 3 rings (SSSR count). The maximum absolute atomic E-state index is 12.5. The second kappa shape index (κ2) is 7.64. The summed E-state index contributed by atoms with van der Waals surface area (Å²) >= 11 is 5.10. The molecular formula is C19H20N8O2S. The summed E-state index contributed by atoms with van der Waals surface area (Å²) in [5.74, 6) is 0.111. The van der Waals surface area contributed by atoms with Crippen LogP contribution in [0, 0.1) is 16.1 Å². The van der Waals surface area contributed by atoms with E-state index < -0.39 is 16.9 Å². The average Bonchev–Trinajstić information content (AvgIpc) is 3.10. The van der Waals surface area contributed by atoms with E-state index in [2.05, 4.69) is 26.4 Å². The predicted molar refractivity (Wildman–Crippen MR) is 112 cm³/mol. The molecule has 0 spiro atoms. The molecule has 0 saturated heterocycles. The highest BCUT2D eigenvalue weighted by Crippen LogP contribution is 2.34. The number of azo groups is 1. The molecule has 0 bridgehead atoms. The van der Waals surface area contributed by atoms with Crippen molar-refractivity contribution in [3.05, 3.63) is 50.8 Å². The second-order valence-corrected chi connectivity index (χ2v) is 7.95. The van der Waals surface area contributed by atoms with E-state index in [1.165, 1.54) is 27.9 Å². The van der Waals surface area contributed by atoms with Crippen molar-refractivity contribution in [3.63, 3.8) is 0 Å². The van der Waals surface area contributed by atoms with Crippen LogP contribution in [0.4, 0.5) is 11.5 Å². The summed E-state index contributed by atoms with van der Waals surface area (Å²) in [4.78, 5) is 16.8. The summed E-state index contributed by atoms with van der Waals surface area (Å²) < 4.78 is 3.94. The molecule has 30 heavy (non-hydrogen) atoms. The van der Waals surface area contributed by atoms with Crippen molar-refractivity contribution in [2.45, 2.75) is 26.2 Å². The van der Waals surface area contributed by atoms with Gasteiger partial charge in [0.05, 0.1) is 5.69 Å². The van der Waals surface area contributed by atoms with Gasteiger partial charge in [0.25, 0.3) is 5.56 Å². The quantitative estimate of drug-likeness (QED) is 0.508. The van der Waals surface area contributed by atoms with E-state index in [1.54, 1.807) is 24.4 Å². The summed E-state index contributed by atoms with van der Waals surface area (Å²) in [6, 6.07) is 7.36. The second-order valence-electron chi connectivity index (χ2n) is 7.59. The van der Waals surface area contributed by atoms with Gasteiger partial charge in [0.1, 0.15) is 11.6 Å². The third kappa shape index (κ3) is 3.53. The summed E-state index contributed by atoms with van der Waals surface area (Å²) in [7, 11) is 2.98. The van der Waals surface area contributed by atoms with E-state index in [4.69, 9.17) is 12.2 Å². The van der Waals surface area contributed by atoms with Crippen molar-refractivity contribution in [3.8, 4) is 17.8 Å². The SMILES string of the molecule is Cn1c(O)c(N=Nc2c(C#N)c(C(C)(C)C)nn2-c2ccccn2)c(=O)n(C)c1=S. The van der Waals surface area contributed by atoms with Crippen molar-refractivity contribution in [2.75, 3.05) is 0 Å². The highest BCUT2D eigenvalue weighted by atomic mass is 32.1. The van der Waals surface area contributed by atoms with Gasteiger partial charge in [-0.2, -0.15) is 15.0 Å². The Kier molecular flexibility index (Phi) is 5.37. The fourth-order valence-electron chi connectivity index (χ4n) is 2.77. The summed E-state index contributed by atoms with van der Waals surface area (Å²) in [5.41, 5.74) is -0.656. The maximum Gasteiger partial charge on any atom is 0.285 e. The number of nitrogens with zero attached hydrogens (tertiary/aromatic N) is 8. The van der Waals surface area contributed by atoms with Crippen molar-refractivity contribution in [1.82, 2.24) is 23.9 Å². The molecule has 0 atom stereocenters. The van der Waals surface area contributed by atoms with Gasteiger partial charge in [0, 0.05) is 25.7 Å². The molecule has 0 saturated carbocycles. The molecule has 0 fully saturated rings. The minimum absolute atomic E-state index is 0.104. The van der Waals surface area contributed by atoms with Gasteiger partial charge in [-0.3, -0.25) is 13.9 Å². The van der Waals surface area contributed by atoms with Crippen molar-refractivity contribution >= 4 is 23.7 Å². The lowest BCUT2D eigenvalue weighted by Crippen LogP contribution is -2.20. The van der Waals surface area contributed by atoms with E-state index in [-0.39, 0.29) is 21.8 Å². The van der Waals surface area contributed by atoms with Gasteiger partial charge >= 0.3 is 0 Å². The van der Waals surface area contributed by atoms with Gasteiger partial charge in [0.2, 0.25) is 11.6 Å². The predicted octanol–water partition coefficient (Wildman–Crippen LogP) is 3.32. The standard InChI is InChI=1S/C19H20N8O2S/c1-19(2,3)14-11(10-20)15(27(24-14)12-8-6-7-9-21-12)23-22-13-16(28)25(4)18(30)26(5)17(13)29/h6-9,28H,1-5H3. The Morgan fingerprint density at radius 2 is 1.90 bits per heavy atom. The van der Waals surface area contributed by atoms with Gasteiger partial charge in [-0.05, 0) is 24.4 Å². The lowest BCUT2D eigenvalue weighted by molar-refractivity contribution is 0.417. The van der Waals surface area contributed by atoms with Crippen molar-refractivity contribution in [1.29, 1.82) is 5.26 Å². The molecule has 0 amide bonds. The largest absolute Gasteiger partial charge is 0.493 e. The topological polar surface area (TPSA) is 126 Å². The van der Waals surface area contributed by atoms with Gasteiger partial charge < -0.3 is 5.11 Å². The smallest absolute Gasteiger partial charge is 0.285 e. The molecule has 0 radical (unpaired) electrons. The lowest BCUT2D eigenvalue weighted by Gasteiger charge is -2.14. The van der Waals surface area contributed by atoms with E-state index in [1.807, 2.05) is 20.8 Å². The molecule has 11 heteroatoms. The summed E-state index contributed by atoms with van der Waals surface area (Å²) in [6.07, 6.45) is 1.59. The highest BCUT2D eigenvalue weighted by molar-refractivity contribution is 7.71. The Morgan fingerprint density at radius 1 is 1.20 bits per heavy atom. The number of aromatic hydroxyl groups is 1. The molecule has 10 nitrogen and oxygen atoms in total. The van der Waals surface area contributed by atoms with Gasteiger partial charge in [0.15, 0.2) is 16.4 Å². The molecule has 154 valence electrons. The van der Waals surface area contributed by atoms with Gasteiger partial charge in [-0.25, -0.2) is 4.98 Å². The van der Waals surface area contributed by atoms with Crippen LogP contribution in [0.1, 0.15) is 32.0 Å². The number of nitriles is 1. The Morgan fingerprint density at radius 3 is 2.47 bits per heavy atom. The highest BCUT2D eigenvalue weighted by Gasteiger charge is 2.28. The van der Waals surface area contributed by atoms with E-state index in [0.29, 0.717) is 11.5 Å². The molecule has 0 aliphatic carbocycles. The molecule has 0 aliphatic heterocycles. The number of pyridine rings is 1. The number of rotatable bonds is 3. The van der Waals surface area contributed by atoms with Crippen LogP contribution in [0.3, 0.4) is 0 Å². The van der Waals surface area contributed by atoms with Crippen LogP contribution >= 0.6 is 12.2 Å². The van der Waals surface area contributed by atoms with E-state index in [9.17, 15) is 15.2 Å². The first kappa shape index (κ1) is 21.1. The van der Waals surface area contributed by atoms with Crippen molar-refractivity contribution < 1.29 is 5.11 Å². The monoisotopic (exact) mass is 424 g/mol. The molecular weight excluding hydrogens is 404 g/mol. The zero-order chi connectivity index (χ0) is 22.2. The summed E-state index contributed by atoms with van der Waals surface area (Å²) in [5, 5.41) is 32.8. The Bertz CT molecular complexity index is 1300. The average molecular weight is 424 g/mol. The summed E-state index contributed by atoms with van der Waals surface area (Å²) in [6.45, 7) is 5.76. The molecule has 3 heterocycles. The minimum Gasteiger partial charge on any atom is -0.493 e. The molecule has 0 aromatic carbocycles. The first-order valence-electron chi connectivity index (χ1n) is 8.93. The number of hydrogen-bond acceptors (Lipinski definition) is 8. The number of hydrogen-bond donors (Lipinski definition) is 1. The third-order valence-corrected chi connectivity index (χ3v) is 4.95. The first-order valence-corrected chi connectivity index (χ1v) is 9.34. The normalized spacial score (nSPS) is 11.7. The van der Waals surface area contributed by atoms with Crippen LogP contribution in [-0.4, -0.2) is 29.0 Å². The van der Waals surface area contributed by atoms with E-state index in [0.717, 1.165) is 0 Å². The van der Waals surface area contributed by atoms with Crippen LogP contribution in [0.2, 0.25) is 0 Å². The number of aromatic nitrogens is 5. The van der Waals surface area contributed by atoms with Gasteiger partial charge in [-0.15, -0.1) is 10.2 Å². The third-order valence-electron chi connectivity index (χ3n) is 4.40. The lowest BCUT2D eigenvalue weighted by atomic mass is 9.90. The minimum atomic E-state index is -0.613. The molecule has 1 N–H and O–H groups in total. The first-order chi connectivity index (χ1) is 14.1. The zero-order valence-corrected chi connectivity index (χ0v) is 18.0. The van der Waals surface area contributed by atoms with Crippen LogP contribution in [0.15, 0.2) is 39.4 Å². The Labute approximate surface area is 177 Å². The fraction of sp³-hybridized carbons (Fsp3) is 0.316. The van der Waals surface area contributed by atoms with Crippen LogP contribution in [-0.2, 0) is 19.5 Å². The Hall–Kier alpha value is -3.65. The Balaban J connectivity index is 2.30. The van der Waals surface area contributed by atoms with Crippen molar-refractivity contribution in [2.24, 2.45) is 24.3 Å². The van der Waals surface area contributed by atoms with Crippen LogP contribution in [0.5, 0.6) is 5.88 Å². The molecule has 3 aromatic heterocycles. The van der Waals surface area contributed by atoms with Crippen LogP contribution < -0.4 is 5.56 Å². The molecule has 0 aliphatic rings. The fourth-order valence-corrected chi connectivity index (χ4v) is 2.94. The van der Waals surface area contributed by atoms with Crippen LogP contribution in [0.25, 0.3) is 5.82 Å². The maximum atomic E-state index is 12.5. The zero-order valence-electron chi connectivity index (χ0n) is 17.2.